The molecular weight excluding hydrogens is 266 g/mol. The van der Waals surface area contributed by atoms with E-state index in [1.807, 2.05) is 0 Å². The molecule has 0 aliphatic heterocycles. The Morgan fingerprint density at radius 3 is 2.25 bits per heavy atom. The molecule has 106 valence electrons. The summed E-state index contributed by atoms with van der Waals surface area (Å²) < 4.78 is 0. The summed E-state index contributed by atoms with van der Waals surface area (Å²) in [6.45, 7) is 0. The van der Waals surface area contributed by atoms with Crippen LogP contribution < -0.4 is 5.32 Å². The Morgan fingerprint density at radius 1 is 1.15 bits per heavy atom. The molecule has 0 saturated heterocycles. The second kappa shape index (κ2) is 6.93. The summed E-state index contributed by atoms with van der Waals surface area (Å²) in [5.41, 5.74) is 0.628. The SMILES string of the molecule is O=C(O)CC(NC(=O)C=Cc1ccc(O)cc1)C(=O)O. The predicted molar refractivity (Wildman–Crippen MR) is 69.0 cm³/mol. The van der Waals surface area contributed by atoms with E-state index in [0.29, 0.717) is 5.56 Å². The highest BCUT2D eigenvalue weighted by Gasteiger charge is 2.21. The number of amides is 1. The predicted octanol–water partition coefficient (Wildman–Crippen LogP) is 0.449. The molecule has 0 saturated carbocycles. The van der Waals surface area contributed by atoms with Crippen LogP contribution in [0.15, 0.2) is 30.3 Å². The van der Waals surface area contributed by atoms with Crippen molar-refractivity contribution in [1.82, 2.24) is 5.32 Å². The number of aromatic hydroxyl groups is 1. The number of hydrogen-bond donors (Lipinski definition) is 4. The van der Waals surface area contributed by atoms with Gasteiger partial charge in [0.15, 0.2) is 0 Å². The third-order valence-corrected chi connectivity index (χ3v) is 2.31. The smallest absolute Gasteiger partial charge is 0.326 e. The van der Waals surface area contributed by atoms with Gasteiger partial charge in [-0.25, -0.2) is 4.79 Å². The summed E-state index contributed by atoms with van der Waals surface area (Å²) in [5, 5.41) is 28.4. The molecule has 0 bridgehead atoms. The third-order valence-electron chi connectivity index (χ3n) is 2.31. The molecule has 0 heterocycles. The Balaban J connectivity index is 2.63. The fourth-order valence-electron chi connectivity index (χ4n) is 1.35. The zero-order valence-electron chi connectivity index (χ0n) is 10.3. The maximum atomic E-state index is 11.5. The molecule has 1 rings (SSSR count). The number of phenolic OH excluding ortho intramolecular Hbond substituents is 1. The zero-order valence-corrected chi connectivity index (χ0v) is 10.3. The maximum absolute atomic E-state index is 11.5. The minimum absolute atomic E-state index is 0.0824. The second-order valence-corrected chi connectivity index (χ2v) is 3.92. The highest BCUT2D eigenvalue weighted by molar-refractivity contribution is 5.95. The third kappa shape index (κ3) is 5.21. The van der Waals surface area contributed by atoms with Gasteiger partial charge in [-0.1, -0.05) is 12.1 Å². The first-order valence-electron chi connectivity index (χ1n) is 5.60. The Morgan fingerprint density at radius 2 is 1.75 bits per heavy atom. The Hall–Kier alpha value is -2.83. The number of aliphatic carboxylic acids is 2. The second-order valence-electron chi connectivity index (χ2n) is 3.92. The summed E-state index contributed by atoms with van der Waals surface area (Å²) >= 11 is 0. The van der Waals surface area contributed by atoms with Gasteiger partial charge >= 0.3 is 11.9 Å². The van der Waals surface area contributed by atoms with Crippen LogP contribution in [0.2, 0.25) is 0 Å². The summed E-state index contributed by atoms with van der Waals surface area (Å²) in [5.74, 6) is -3.37. The quantitative estimate of drug-likeness (QED) is 0.560. The van der Waals surface area contributed by atoms with Crippen LogP contribution in [0.4, 0.5) is 0 Å². The van der Waals surface area contributed by atoms with E-state index in [1.165, 1.54) is 18.2 Å². The van der Waals surface area contributed by atoms with Crippen LogP contribution in [0.3, 0.4) is 0 Å². The van der Waals surface area contributed by atoms with Crippen molar-refractivity contribution in [3.63, 3.8) is 0 Å². The van der Waals surface area contributed by atoms with Crippen LogP contribution in [-0.2, 0) is 14.4 Å². The van der Waals surface area contributed by atoms with Crippen molar-refractivity contribution in [3.05, 3.63) is 35.9 Å². The van der Waals surface area contributed by atoms with E-state index < -0.39 is 30.3 Å². The molecule has 0 fully saturated rings. The topological polar surface area (TPSA) is 124 Å². The number of hydrogen-bond acceptors (Lipinski definition) is 4. The van der Waals surface area contributed by atoms with Gasteiger partial charge in [-0.2, -0.15) is 0 Å². The number of carbonyl (C=O) groups is 3. The average Bonchev–Trinajstić information content (AvgIpc) is 2.36. The number of phenols is 1. The monoisotopic (exact) mass is 279 g/mol. The van der Waals surface area contributed by atoms with Gasteiger partial charge in [-0.15, -0.1) is 0 Å². The van der Waals surface area contributed by atoms with Gasteiger partial charge in [0.25, 0.3) is 0 Å². The van der Waals surface area contributed by atoms with Crippen molar-refractivity contribution in [3.8, 4) is 5.75 Å². The molecule has 0 aromatic heterocycles. The van der Waals surface area contributed by atoms with Crippen molar-refractivity contribution >= 4 is 23.9 Å². The lowest BCUT2D eigenvalue weighted by molar-refractivity contribution is -0.146. The van der Waals surface area contributed by atoms with Crippen molar-refractivity contribution in [2.75, 3.05) is 0 Å². The lowest BCUT2D eigenvalue weighted by Gasteiger charge is -2.10. The van der Waals surface area contributed by atoms with Gasteiger partial charge in [-0.3, -0.25) is 9.59 Å². The molecule has 1 amide bonds. The van der Waals surface area contributed by atoms with E-state index >= 15 is 0 Å². The summed E-state index contributed by atoms with van der Waals surface area (Å²) in [7, 11) is 0. The lowest BCUT2D eigenvalue weighted by Crippen LogP contribution is -2.41. The number of carbonyl (C=O) groups excluding carboxylic acids is 1. The Bertz CT molecular complexity index is 534. The molecule has 7 heteroatoms. The number of nitrogens with one attached hydrogen (secondary N) is 1. The Kier molecular flexibility index (Phi) is 5.28. The van der Waals surface area contributed by atoms with E-state index in [-0.39, 0.29) is 5.75 Å². The minimum Gasteiger partial charge on any atom is -0.508 e. The summed E-state index contributed by atoms with van der Waals surface area (Å²) in [6.07, 6.45) is 1.80. The van der Waals surface area contributed by atoms with Gasteiger partial charge in [0.05, 0.1) is 6.42 Å². The molecule has 0 spiro atoms. The van der Waals surface area contributed by atoms with E-state index in [2.05, 4.69) is 5.32 Å². The van der Waals surface area contributed by atoms with Gasteiger partial charge in [0.1, 0.15) is 11.8 Å². The Labute approximate surface area is 114 Å². The maximum Gasteiger partial charge on any atom is 0.326 e. The molecule has 1 unspecified atom stereocenters. The standard InChI is InChI=1S/C13H13NO6/c15-9-4-1-8(2-5-9)3-6-11(16)14-10(13(19)20)7-12(17)18/h1-6,10,15H,7H2,(H,14,16)(H,17,18)(H,19,20). The molecule has 1 aromatic rings. The van der Waals surface area contributed by atoms with Crippen molar-refractivity contribution in [2.24, 2.45) is 0 Å². The molecule has 0 aliphatic carbocycles. The number of carboxylic acids is 2. The molecule has 0 radical (unpaired) electrons. The van der Waals surface area contributed by atoms with Crippen LogP contribution in [-0.4, -0.2) is 39.2 Å². The van der Waals surface area contributed by atoms with Crippen molar-refractivity contribution < 1.29 is 29.7 Å². The summed E-state index contributed by atoms with van der Waals surface area (Å²) in [4.78, 5) is 32.7. The number of rotatable bonds is 6. The van der Waals surface area contributed by atoms with Gasteiger partial charge < -0.3 is 20.6 Å². The molecule has 1 atom stereocenters. The van der Waals surface area contributed by atoms with Gasteiger partial charge in [-0.05, 0) is 23.8 Å². The molecule has 20 heavy (non-hydrogen) atoms. The van der Waals surface area contributed by atoms with E-state index in [1.54, 1.807) is 12.1 Å². The molecule has 7 nitrogen and oxygen atoms in total. The van der Waals surface area contributed by atoms with E-state index in [0.717, 1.165) is 6.08 Å². The number of carboxylic acid groups (broad SMARTS) is 2. The first kappa shape index (κ1) is 15.2. The highest BCUT2D eigenvalue weighted by atomic mass is 16.4. The fourth-order valence-corrected chi connectivity index (χ4v) is 1.35. The van der Waals surface area contributed by atoms with Crippen molar-refractivity contribution in [1.29, 1.82) is 0 Å². The van der Waals surface area contributed by atoms with Crippen molar-refractivity contribution in [2.45, 2.75) is 12.5 Å². The van der Waals surface area contributed by atoms with Crippen LogP contribution >= 0.6 is 0 Å². The van der Waals surface area contributed by atoms with Gasteiger partial charge in [0.2, 0.25) is 5.91 Å². The molecule has 1 aromatic carbocycles. The first-order chi connectivity index (χ1) is 9.38. The number of benzene rings is 1. The van der Waals surface area contributed by atoms with Crippen LogP contribution in [0.1, 0.15) is 12.0 Å². The fraction of sp³-hybridized carbons (Fsp3) is 0.154. The minimum atomic E-state index is -1.48. The highest BCUT2D eigenvalue weighted by Crippen LogP contribution is 2.10. The van der Waals surface area contributed by atoms with Crippen LogP contribution in [0, 0.1) is 0 Å². The summed E-state index contributed by atoms with van der Waals surface area (Å²) in [6, 6.07) is 4.50. The average molecular weight is 279 g/mol. The van der Waals surface area contributed by atoms with Crippen LogP contribution in [0.5, 0.6) is 5.75 Å². The zero-order chi connectivity index (χ0) is 15.1. The van der Waals surface area contributed by atoms with Crippen LogP contribution in [0.25, 0.3) is 6.08 Å². The normalized spacial score (nSPS) is 12.0. The first-order valence-corrected chi connectivity index (χ1v) is 5.60. The van der Waals surface area contributed by atoms with E-state index in [4.69, 9.17) is 15.3 Å². The molecule has 0 aliphatic rings. The van der Waals surface area contributed by atoms with Gasteiger partial charge in [0, 0.05) is 6.08 Å². The van der Waals surface area contributed by atoms with E-state index in [9.17, 15) is 14.4 Å². The molecule has 4 N–H and O–H groups in total. The lowest BCUT2D eigenvalue weighted by atomic mass is 10.2. The molecular formula is C13H13NO6. The largest absolute Gasteiger partial charge is 0.508 e.